The van der Waals surface area contributed by atoms with Crippen molar-refractivity contribution in [1.29, 1.82) is 0 Å². The minimum absolute atomic E-state index is 0.0407. The van der Waals surface area contributed by atoms with Crippen molar-refractivity contribution in [3.63, 3.8) is 0 Å². The lowest BCUT2D eigenvalue weighted by Crippen LogP contribution is -2.54. The van der Waals surface area contributed by atoms with E-state index in [1.807, 2.05) is 67.6 Å². The van der Waals surface area contributed by atoms with Gasteiger partial charge in [0.2, 0.25) is 11.8 Å². The molecule has 1 aliphatic rings. The number of carbonyl (C=O) groups is 2. The number of nitrogens with one attached hydrogen (secondary N) is 1. The summed E-state index contributed by atoms with van der Waals surface area (Å²) in [4.78, 5) is 30.2. The molecular formula is C38H43N3O6S. The Labute approximate surface area is 283 Å². The molecule has 0 bridgehead atoms. The Morgan fingerprint density at radius 2 is 1.42 bits per heavy atom. The maximum atomic E-state index is 14.7. The molecule has 0 radical (unpaired) electrons. The first-order valence-corrected chi connectivity index (χ1v) is 17.6. The third-order valence-corrected chi connectivity index (χ3v) is 10.5. The molecule has 1 fully saturated rings. The molecule has 1 N–H and O–H groups in total. The van der Waals surface area contributed by atoms with Crippen LogP contribution in [0.4, 0.5) is 5.69 Å². The van der Waals surface area contributed by atoms with Crippen LogP contribution in [-0.2, 0) is 32.6 Å². The van der Waals surface area contributed by atoms with E-state index in [9.17, 15) is 18.0 Å². The highest BCUT2D eigenvalue weighted by atomic mass is 32.2. The lowest BCUT2D eigenvalue weighted by molar-refractivity contribution is -0.140. The number of hydrogen-bond acceptors (Lipinski definition) is 6. The Hall–Kier alpha value is -4.83. The zero-order chi connectivity index (χ0) is 34.1. The van der Waals surface area contributed by atoms with Crippen LogP contribution in [0.15, 0.2) is 108 Å². The van der Waals surface area contributed by atoms with Crippen LogP contribution in [0.2, 0.25) is 0 Å². The summed E-state index contributed by atoms with van der Waals surface area (Å²) < 4.78 is 40.6. The minimum Gasteiger partial charge on any atom is -0.493 e. The van der Waals surface area contributed by atoms with E-state index in [-0.39, 0.29) is 35.6 Å². The molecule has 1 saturated carbocycles. The third-order valence-electron chi connectivity index (χ3n) is 8.71. The van der Waals surface area contributed by atoms with Crippen molar-refractivity contribution < 1.29 is 27.5 Å². The number of methoxy groups -OCH3 is 2. The lowest BCUT2D eigenvalue weighted by atomic mass is 10.0. The predicted octanol–water partition coefficient (Wildman–Crippen LogP) is 5.91. The first-order valence-electron chi connectivity index (χ1n) is 16.2. The summed E-state index contributed by atoms with van der Waals surface area (Å²) in [7, 11) is -1.40. The summed E-state index contributed by atoms with van der Waals surface area (Å²) >= 11 is 0. The number of rotatable bonds is 14. The number of ether oxygens (including phenoxy) is 2. The van der Waals surface area contributed by atoms with Crippen molar-refractivity contribution in [2.45, 2.75) is 62.6 Å². The standard InChI is InChI=1S/C38H43N3O6S/c1-28-18-20-32(21-19-28)41(48(44,45)33-22-23-35(46-2)36(25-33)47-3)27-37(42)40(26-30-14-8-5-9-15-30)34(24-29-12-6-4-7-13-29)38(43)39-31-16-10-11-17-31/h4-9,12-15,18-23,25,31,34H,10-11,16-17,24,26-27H2,1-3H3,(H,39,43). The smallest absolute Gasteiger partial charge is 0.264 e. The van der Waals surface area contributed by atoms with E-state index in [2.05, 4.69) is 5.32 Å². The number of amides is 2. The van der Waals surface area contributed by atoms with Gasteiger partial charge in [0.25, 0.3) is 10.0 Å². The Bertz CT molecular complexity index is 1780. The highest BCUT2D eigenvalue weighted by Crippen LogP contribution is 2.32. The van der Waals surface area contributed by atoms with Gasteiger partial charge < -0.3 is 19.7 Å². The van der Waals surface area contributed by atoms with Crippen molar-refractivity contribution in [1.82, 2.24) is 10.2 Å². The van der Waals surface area contributed by atoms with Crippen LogP contribution >= 0.6 is 0 Å². The summed E-state index contributed by atoms with van der Waals surface area (Å²) in [6.07, 6.45) is 4.13. The molecule has 0 aromatic heterocycles. The van der Waals surface area contributed by atoms with Crippen LogP contribution in [0, 0.1) is 6.92 Å². The van der Waals surface area contributed by atoms with Crippen LogP contribution in [0.3, 0.4) is 0 Å². The second kappa shape index (κ2) is 15.8. The number of anilines is 1. The number of sulfonamides is 1. The summed E-state index contributed by atoms with van der Waals surface area (Å²) in [6, 6.07) is 29.4. The van der Waals surface area contributed by atoms with Crippen LogP contribution < -0.4 is 19.1 Å². The summed E-state index contributed by atoms with van der Waals surface area (Å²) in [5.74, 6) is -0.142. The van der Waals surface area contributed by atoms with Gasteiger partial charge in [0.15, 0.2) is 11.5 Å². The molecule has 0 saturated heterocycles. The number of hydrogen-bond donors (Lipinski definition) is 1. The quantitative estimate of drug-likeness (QED) is 0.179. The van der Waals surface area contributed by atoms with Crippen molar-refractivity contribution in [3.8, 4) is 11.5 Å². The van der Waals surface area contributed by atoms with E-state index in [4.69, 9.17) is 9.47 Å². The molecule has 1 unspecified atom stereocenters. The van der Waals surface area contributed by atoms with E-state index in [0.717, 1.165) is 46.7 Å². The SMILES string of the molecule is COc1ccc(S(=O)(=O)N(CC(=O)N(Cc2ccccc2)C(Cc2ccccc2)C(=O)NC2CCCC2)c2ccc(C)cc2)cc1OC. The summed E-state index contributed by atoms with van der Waals surface area (Å²) in [6.45, 7) is 1.49. The molecule has 5 rings (SSSR count). The van der Waals surface area contributed by atoms with Gasteiger partial charge in [-0.05, 0) is 55.2 Å². The first-order chi connectivity index (χ1) is 23.2. The molecule has 1 aliphatic carbocycles. The molecule has 4 aromatic carbocycles. The normalized spacial score (nSPS) is 13.8. The molecule has 0 heterocycles. The summed E-state index contributed by atoms with van der Waals surface area (Å²) in [5, 5.41) is 3.20. The molecule has 9 nitrogen and oxygen atoms in total. The molecule has 252 valence electrons. The van der Waals surface area contributed by atoms with Gasteiger partial charge in [0.1, 0.15) is 12.6 Å². The van der Waals surface area contributed by atoms with Gasteiger partial charge in [0.05, 0.1) is 24.8 Å². The van der Waals surface area contributed by atoms with Gasteiger partial charge >= 0.3 is 0 Å². The number of benzene rings is 4. The van der Waals surface area contributed by atoms with Gasteiger partial charge in [0, 0.05) is 25.1 Å². The van der Waals surface area contributed by atoms with Crippen molar-refractivity contribution in [2.75, 3.05) is 25.1 Å². The lowest BCUT2D eigenvalue weighted by Gasteiger charge is -2.34. The largest absolute Gasteiger partial charge is 0.493 e. The zero-order valence-corrected chi connectivity index (χ0v) is 28.5. The second-order valence-corrected chi connectivity index (χ2v) is 13.9. The maximum Gasteiger partial charge on any atom is 0.264 e. The van der Waals surface area contributed by atoms with Crippen molar-refractivity contribution >= 4 is 27.5 Å². The molecule has 10 heteroatoms. The fourth-order valence-electron chi connectivity index (χ4n) is 6.05. The van der Waals surface area contributed by atoms with E-state index in [0.29, 0.717) is 11.4 Å². The highest BCUT2D eigenvalue weighted by molar-refractivity contribution is 7.92. The molecule has 0 aliphatic heterocycles. The fraction of sp³-hybridized carbons (Fsp3) is 0.316. The van der Waals surface area contributed by atoms with Crippen LogP contribution in [0.25, 0.3) is 0 Å². The number of nitrogens with zero attached hydrogens (tertiary/aromatic N) is 2. The average Bonchev–Trinajstić information content (AvgIpc) is 3.62. The average molecular weight is 670 g/mol. The van der Waals surface area contributed by atoms with Crippen LogP contribution in [0.5, 0.6) is 11.5 Å². The molecule has 0 spiro atoms. The molecule has 48 heavy (non-hydrogen) atoms. The molecule has 1 atom stereocenters. The second-order valence-electron chi connectivity index (χ2n) is 12.1. The van der Waals surface area contributed by atoms with Gasteiger partial charge in [-0.25, -0.2) is 8.42 Å². The van der Waals surface area contributed by atoms with Crippen molar-refractivity contribution in [3.05, 3.63) is 120 Å². The topological polar surface area (TPSA) is 105 Å². The van der Waals surface area contributed by atoms with Gasteiger partial charge in [-0.15, -0.1) is 0 Å². The predicted molar refractivity (Wildman–Crippen MR) is 187 cm³/mol. The Kier molecular flexibility index (Phi) is 11.4. The fourth-order valence-corrected chi connectivity index (χ4v) is 7.48. The van der Waals surface area contributed by atoms with Crippen molar-refractivity contribution in [2.24, 2.45) is 0 Å². The number of carbonyl (C=O) groups excluding carboxylic acids is 2. The maximum absolute atomic E-state index is 14.7. The minimum atomic E-state index is -4.30. The number of aryl methyl sites for hydroxylation is 1. The molecule has 4 aromatic rings. The van der Waals surface area contributed by atoms with Gasteiger partial charge in [-0.3, -0.25) is 13.9 Å². The zero-order valence-electron chi connectivity index (χ0n) is 27.7. The van der Waals surface area contributed by atoms with Crippen LogP contribution in [-0.4, -0.2) is 58.0 Å². The van der Waals surface area contributed by atoms with E-state index >= 15 is 0 Å². The highest BCUT2D eigenvalue weighted by Gasteiger charge is 2.36. The Morgan fingerprint density at radius 3 is 2.02 bits per heavy atom. The molecular weight excluding hydrogens is 627 g/mol. The van der Waals surface area contributed by atoms with Crippen LogP contribution in [0.1, 0.15) is 42.4 Å². The first kappa shape index (κ1) is 34.5. The molecule has 2 amide bonds. The Morgan fingerprint density at radius 1 is 0.812 bits per heavy atom. The summed E-state index contributed by atoms with van der Waals surface area (Å²) in [5.41, 5.74) is 2.97. The van der Waals surface area contributed by atoms with E-state index in [1.165, 1.54) is 37.3 Å². The Balaban J connectivity index is 1.57. The van der Waals surface area contributed by atoms with E-state index in [1.54, 1.807) is 24.3 Å². The monoisotopic (exact) mass is 669 g/mol. The van der Waals surface area contributed by atoms with Gasteiger partial charge in [-0.2, -0.15) is 0 Å². The van der Waals surface area contributed by atoms with E-state index < -0.39 is 28.5 Å². The van der Waals surface area contributed by atoms with Gasteiger partial charge in [-0.1, -0.05) is 91.2 Å². The third kappa shape index (κ3) is 8.36.